The third-order valence-electron chi connectivity index (χ3n) is 3.38. The Morgan fingerprint density at radius 1 is 0.929 bits per heavy atom. The van der Waals surface area contributed by atoms with Gasteiger partial charge in [-0.25, -0.2) is 4.79 Å². The summed E-state index contributed by atoms with van der Waals surface area (Å²) in [4.78, 5) is 23.5. The molecule has 0 bridgehead atoms. The summed E-state index contributed by atoms with van der Waals surface area (Å²) in [6, 6.07) is 17.4. The second-order valence-corrected chi connectivity index (χ2v) is 8.20. The molecule has 0 saturated carbocycles. The predicted octanol–water partition coefficient (Wildman–Crippen LogP) is 4.63. The van der Waals surface area contributed by atoms with E-state index in [2.05, 4.69) is 16.0 Å². The standard InChI is InChI=1S/C21H27N3O3S/c1-21(2,3)27-20(26)22-13-14-28-15-19(25)24-18-11-9-17(10-12-18)23-16-7-5-4-6-8-16/h4-12,23H,13-15H2,1-3H3,(H,22,26)(H,24,25). The number of thioether (sulfide) groups is 1. The Kier molecular flexibility index (Phi) is 8.19. The summed E-state index contributed by atoms with van der Waals surface area (Å²) in [7, 11) is 0. The fourth-order valence-electron chi connectivity index (χ4n) is 2.23. The summed E-state index contributed by atoms with van der Waals surface area (Å²) >= 11 is 1.45. The van der Waals surface area contributed by atoms with Crippen molar-refractivity contribution in [3.8, 4) is 0 Å². The number of carbonyl (C=O) groups excluding carboxylic acids is 2. The molecule has 0 spiro atoms. The van der Waals surface area contributed by atoms with E-state index in [0.29, 0.717) is 18.1 Å². The SMILES string of the molecule is CC(C)(C)OC(=O)NCCSCC(=O)Nc1ccc(Nc2ccccc2)cc1. The summed E-state index contributed by atoms with van der Waals surface area (Å²) in [5, 5.41) is 8.83. The van der Waals surface area contributed by atoms with Crippen molar-refractivity contribution in [2.45, 2.75) is 26.4 Å². The summed E-state index contributed by atoms with van der Waals surface area (Å²) in [6.45, 7) is 5.90. The van der Waals surface area contributed by atoms with E-state index >= 15 is 0 Å². The van der Waals surface area contributed by atoms with Crippen molar-refractivity contribution in [1.29, 1.82) is 0 Å². The van der Waals surface area contributed by atoms with Gasteiger partial charge in [-0.1, -0.05) is 18.2 Å². The molecule has 150 valence electrons. The first-order valence-corrected chi connectivity index (χ1v) is 10.2. The lowest BCUT2D eigenvalue weighted by atomic mass is 10.2. The second kappa shape index (κ2) is 10.6. The molecule has 3 N–H and O–H groups in total. The van der Waals surface area contributed by atoms with Crippen molar-refractivity contribution < 1.29 is 14.3 Å². The van der Waals surface area contributed by atoms with Gasteiger partial charge < -0.3 is 20.7 Å². The highest BCUT2D eigenvalue weighted by Crippen LogP contribution is 2.18. The third kappa shape index (κ3) is 8.81. The van der Waals surface area contributed by atoms with Crippen LogP contribution in [-0.4, -0.2) is 35.7 Å². The zero-order valence-electron chi connectivity index (χ0n) is 16.5. The van der Waals surface area contributed by atoms with Gasteiger partial charge in [0.05, 0.1) is 5.75 Å². The molecule has 7 heteroatoms. The molecule has 2 aromatic carbocycles. The summed E-state index contributed by atoms with van der Waals surface area (Å²) < 4.78 is 5.15. The Morgan fingerprint density at radius 2 is 1.54 bits per heavy atom. The van der Waals surface area contributed by atoms with Crippen molar-refractivity contribution >= 4 is 40.8 Å². The number of ether oxygens (including phenoxy) is 1. The number of anilines is 3. The van der Waals surface area contributed by atoms with E-state index in [9.17, 15) is 9.59 Å². The van der Waals surface area contributed by atoms with Crippen LogP contribution in [0.3, 0.4) is 0 Å². The van der Waals surface area contributed by atoms with Gasteiger partial charge in [0.2, 0.25) is 5.91 Å². The molecule has 6 nitrogen and oxygen atoms in total. The van der Waals surface area contributed by atoms with Gasteiger partial charge in [-0.05, 0) is 57.2 Å². The maximum absolute atomic E-state index is 12.0. The van der Waals surface area contributed by atoms with E-state index in [4.69, 9.17) is 4.74 Å². The van der Waals surface area contributed by atoms with Crippen LogP contribution < -0.4 is 16.0 Å². The Bertz CT molecular complexity index is 759. The monoisotopic (exact) mass is 401 g/mol. The number of hydrogen-bond acceptors (Lipinski definition) is 5. The van der Waals surface area contributed by atoms with E-state index in [1.807, 2.05) is 75.4 Å². The van der Waals surface area contributed by atoms with Gasteiger partial charge in [0, 0.05) is 29.4 Å². The second-order valence-electron chi connectivity index (χ2n) is 7.10. The van der Waals surface area contributed by atoms with Crippen molar-refractivity contribution in [3.05, 3.63) is 54.6 Å². The van der Waals surface area contributed by atoms with Gasteiger partial charge in [0.15, 0.2) is 0 Å². The van der Waals surface area contributed by atoms with E-state index in [1.54, 1.807) is 0 Å². The number of hydrogen-bond donors (Lipinski definition) is 3. The Morgan fingerprint density at radius 3 is 2.18 bits per heavy atom. The van der Waals surface area contributed by atoms with E-state index in [-0.39, 0.29) is 5.91 Å². The van der Waals surface area contributed by atoms with Gasteiger partial charge in [-0.3, -0.25) is 4.79 Å². The largest absolute Gasteiger partial charge is 0.444 e. The molecular weight excluding hydrogens is 374 g/mol. The number of para-hydroxylation sites is 1. The van der Waals surface area contributed by atoms with Gasteiger partial charge in [0.25, 0.3) is 0 Å². The van der Waals surface area contributed by atoms with Crippen molar-refractivity contribution in [1.82, 2.24) is 5.32 Å². The minimum atomic E-state index is -0.511. The maximum atomic E-state index is 12.0. The highest BCUT2D eigenvalue weighted by molar-refractivity contribution is 7.99. The average Bonchev–Trinajstić information content (AvgIpc) is 2.62. The minimum absolute atomic E-state index is 0.0777. The number of nitrogens with one attached hydrogen (secondary N) is 3. The predicted molar refractivity (Wildman–Crippen MR) is 116 cm³/mol. The fourth-order valence-corrected chi connectivity index (χ4v) is 2.87. The lowest BCUT2D eigenvalue weighted by Crippen LogP contribution is -2.33. The molecule has 0 radical (unpaired) electrons. The normalized spacial score (nSPS) is 10.8. The molecular formula is C21H27N3O3S. The molecule has 0 aliphatic rings. The molecule has 2 amide bonds. The summed E-state index contributed by atoms with van der Waals surface area (Å²) in [6.07, 6.45) is -0.443. The van der Waals surface area contributed by atoms with Crippen LogP contribution >= 0.6 is 11.8 Å². The van der Waals surface area contributed by atoms with Gasteiger partial charge in [0.1, 0.15) is 5.60 Å². The van der Waals surface area contributed by atoms with Crippen LogP contribution in [0.1, 0.15) is 20.8 Å². The van der Waals surface area contributed by atoms with Crippen molar-refractivity contribution in [2.24, 2.45) is 0 Å². The third-order valence-corrected chi connectivity index (χ3v) is 4.34. The zero-order valence-corrected chi connectivity index (χ0v) is 17.3. The molecule has 2 aromatic rings. The molecule has 0 fully saturated rings. The quantitative estimate of drug-likeness (QED) is 0.562. The van der Waals surface area contributed by atoms with E-state index < -0.39 is 11.7 Å². The van der Waals surface area contributed by atoms with Crippen LogP contribution in [0.25, 0.3) is 0 Å². The lowest BCUT2D eigenvalue weighted by Gasteiger charge is -2.19. The van der Waals surface area contributed by atoms with Crippen LogP contribution in [0.2, 0.25) is 0 Å². The van der Waals surface area contributed by atoms with Crippen molar-refractivity contribution in [3.63, 3.8) is 0 Å². The molecule has 0 atom stereocenters. The van der Waals surface area contributed by atoms with E-state index in [1.165, 1.54) is 11.8 Å². The smallest absolute Gasteiger partial charge is 0.407 e. The molecule has 0 aliphatic carbocycles. The number of benzene rings is 2. The average molecular weight is 402 g/mol. The number of carbonyl (C=O) groups is 2. The van der Waals surface area contributed by atoms with Gasteiger partial charge >= 0.3 is 6.09 Å². The van der Waals surface area contributed by atoms with Crippen LogP contribution in [-0.2, 0) is 9.53 Å². The van der Waals surface area contributed by atoms with Crippen molar-refractivity contribution in [2.75, 3.05) is 28.7 Å². The van der Waals surface area contributed by atoms with E-state index in [0.717, 1.165) is 17.1 Å². The lowest BCUT2D eigenvalue weighted by molar-refractivity contribution is -0.113. The minimum Gasteiger partial charge on any atom is -0.444 e. The molecule has 2 rings (SSSR count). The Labute approximate surface area is 170 Å². The van der Waals surface area contributed by atoms with Gasteiger partial charge in [-0.2, -0.15) is 11.8 Å². The molecule has 0 heterocycles. The first-order valence-electron chi connectivity index (χ1n) is 9.08. The fraction of sp³-hybridized carbons (Fsp3) is 0.333. The highest BCUT2D eigenvalue weighted by atomic mass is 32.2. The summed E-state index contributed by atoms with van der Waals surface area (Å²) in [5.74, 6) is 0.873. The molecule has 0 saturated heterocycles. The number of alkyl carbamates (subject to hydrolysis) is 1. The Balaban J connectivity index is 1.64. The zero-order chi connectivity index (χ0) is 20.4. The molecule has 0 aliphatic heterocycles. The highest BCUT2D eigenvalue weighted by Gasteiger charge is 2.15. The summed E-state index contributed by atoms with van der Waals surface area (Å²) in [5.41, 5.74) is 2.20. The first kappa shape index (κ1) is 21.6. The maximum Gasteiger partial charge on any atom is 0.407 e. The van der Waals surface area contributed by atoms with Gasteiger partial charge in [-0.15, -0.1) is 0 Å². The Hall–Kier alpha value is -2.67. The molecule has 0 unspecified atom stereocenters. The van der Waals surface area contributed by atoms with Crippen LogP contribution in [0.5, 0.6) is 0 Å². The first-order chi connectivity index (χ1) is 13.3. The van der Waals surface area contributed by atoms with Crippen LogP contribution in [0.15, 0.2) is 54.6 Å². The number of rotatable bonds is 8. The topological polar surface area (TPSA) is 79.5 Å². The number of amides is 2. The van der Waals surface area contributed by atoms with Crippen LogP contribution in [0.4, 0.5) is 21.9 Å². The molecule has 0 aromatic heterocycles. The van der Waals surface area contributed by atoms with Crippen LogP contribution in [0, 0.1) is 0 Å². The molecule has 28 heavy (non-hydrogen) atoms.